The molecule has 29 heavy (non-hydrogen) atoms. The molecule has 0 amide bonds. The van der Waals surface area contributed by atoms with Gasteiger partial charge in [-0.05, 0) is 61.1 Å². The Morgan fingerprint density at radius 2 is 1.55 bits per heavy atom. The van der Waals surface area contributed by atoms with Gasteiger partial charge in [-0.25, -0.2) is 0 Å². The third kappa shape index (κ3) is 5.22. The van der Waals surface area contributed by atoms with E-state index in [1.165, 1.54) is 50.5 Å². The first kappa shape index (κ1) is 20.5. The summed E-state index contributed by atoms with van der Waals surface area (Å²) in [5, 5.41) is 0. The Morgan fingerprint density at radius 3 is 2.28 bits per heavy atom. The molecule has 2 fully saturated rings. The smallest absolute Gasteiger partial charge is 0.226 e. The Kier molecular flexibility index (Phi) is 6.92. The summed E-state index contributed by atoms with van der Waals surface area (Å²) in [5.74, 6) is 3.26. The summed E-state index contributed by atoms with van der Waals surface area (Å²) in [6, 6.07) is 19.0. The fourth-order valence-electron chi connectivity index (χ4n) is 5.15. The molecule has 0 radical (unpaired) electrons. The Balaban J connectivity index is 1.45. The van der Waals surface area contributed by atoms with Crippen LogP contribution in [-0.2, 0) is 4.74 Å². The van der Waals surface area contributed by atoms with E-state index in [4.69, 9.17) is 9.47 Å². The maximum absolute atomic E-state index is 6.61. The van der Waals surface area contributed by atoms with E-state index in [2.05, 4.69) is 68.4 Å². The average molecular weight is 393 g/mol. The highest BCUT2D eigenvalue weighted by Gasteiger charge is 2.34. The van der Waals surface area contributed by atoms with Gasteiger partial charge in [0.2, 0.25) is 6.29 Å². The zero-order valence-corrected chi connectivity index (χ0v) is 18.1. The molecule has 2 aliphatic rings. The molecular formula is C27H36O2. The SMILES string of the molecule is CCC(C)c1ccc(OC(OC2CCC3CCCCC3C2)c2ccccc2)cc1. The normalized spacial score (nSPS) is 26.3. The van der Waals surface area contributed by atoms with Crippen LogP contribution in [0.15, 0.2) is 54.6 Å². The van der Waals surface area contributed by atoms with Crippen molar-refractivity contribution in [1.29, 1.82) is 0 Å². The van der Waals surface area contributed by atoms with Crippen molar-refractivity contribution in [3.8, 4) is 5.75 Å². The molecule has 0 aliphatic heterocycles. The molecule has 4 rings (SSSR count). The van der Waals surface area contributed by atoms with Crippen LogP contribution in [-0.4, -0.2) is 6.10 Å². The summed E-state index contributed by atoms with van der Waals surface area (Å²) in [7, 11) is 0. The maximum atomic E-state index is 6.61. The largest absolute Gasteiger partial charge is 0.461 e. The highest BCUT2D eigenvalue weighted by molar-refractivity contribution is 5.30. The summed E-state index contributed by atoms with van der Waals surface area (Å²) in [6.07, 6.45) is 10.4. The summed E-state index contributed by atoms with van der Waals surface area (Å²) >= 11 is 0. The first-order chi connectivity index (χ1) is 14.2. The van der Waals surface area contributed by atoms with Gasteiger partial charge in [0, 0.05) is 5.56 Å². The fraction of sp³-hybridized carbons (Fsp3) is 0.556. The van der Waals surface area contributed by atoms with Gasteiger partial charge in [0.1, 0.15) is 5.75 Å². The fourth-order valence-corrected chi connectivity index (χ4v) is 5.15. The van der Waals surface area contributed by atoms with Crippen LogP contribution >= 0.6 is 0 Å². The van der Waals surface area contributed by atoms with Gasteiger partial charge in [-0.1, -0.05) is 82.0 Å². The predicted octanol–water partition coefficient (Wildman–Crippen LogP) is 7.65. The van der Waals surface area contributed by atoms with Gasteiger partial charge in [-0.15, -0.1) is 0 Å². The van der Waals surface area contributed by atoms with Gasteiger partial charge >= 0.3 is 0 Å². The van der Waals surface area contributed by atoms with Gasteiger partial charge < -0.3 is 9.47 Å². The van der Waals surface area contributed by atoms with E-state index in [1.54, 1.807) is 0 Å². The zero-order chi connectivity index (χ0) is 20.1. The molecular weight excluding hydrogens is 356 g/mol. The molecule has 2 aromatic carbocycles. The van der Waals surface area contributed by atoms with Crippen molar-refractivity contribution in [2.75, 3.05) is 0 Å². The van der Waals surface area contributed by atoms with Gasteiger partial charge in [0.15, 0.2) is 0 Å². The number of ether oxygens (including phenoxy) is 2. The molecule has 0 N–H and O–H groups in total. The molecule has 0 heterocycles. The predicted molar refractivity (Wildman–Crippen MR) is 119 cm³/mol. The summed E-state index contributed by atoms with van der Waals surface area (Å²) in [6.45, 7) is 4.50. The van der Waals surface area contributed by atoms with E-state index in [1.807, 2.05) is 0 Å². The van der Waals surface area contributed by atoms with Crippen molar-refractivity contribution in [3.05, 3.63) is 65.7 Å². The van der Waals surface area contributed by atoms with Crippen LogP contribution in [0.2, 0.25) is 0 Å². The number of rotatable bonds is 7. The highest BCUT2D eigenvalue weighted by atomic mass is 16.7. The minimum atomic E-state index is -0.337. The lowest BCUT2D eigenvalue weighted by molar-refractivity contribution is -0.143. The van der Waals surface area contributed by atoms with Crippen LogP contribution in [0.3, 0.4) is 0 Å². The lowest BCUT2D eigenvalue weighted by Gasteiger charge is -2.40. The van der Waals surface area contributed by atoms with Crippen molar-refractivity contribution in [1.82, 2.24) is 0 Å². The van der Waals surface area contributed by atoms with Crippen LogP contribution in [0, 0.1) is 11.8 Å². The minimum Gasteiger partial charge on any atom is -0.461 e. The van der Waals surface area contributed by atoms with Crippen LogP contribution in [0.5, 0.6) is 5.75 Å². The summed E-state index contributed by atoms with van der Waals surface area (Å²) in [4.78, 5) is 0. The summed E-state index contributed by atoms with van der Waals surface area (Å²) < 4.78 is 13.0. The van der Waals surface area contributed by atoms with E-state index >= 15 is 0 Å². The van der Waals surface area contributed by atoms with E-state index < -0.39 is 0 Å². The van der Waals surface area contributed by atoms with Crippen molar-refractivity contribution in [2.24, 2.45) is 11.8 Å². The zero-order valence-electron chi connectivity index (χ0n) is 18.1. The molecule has 2 nitrogen and oxygen atoms in total. The van der Waals surface area contributed by atoms with Gasteiger partial charge in [0.05, 0.1) is 6.10 Å². The molecule has 0 bridgehead atoms. The van der Waals surface area contributed by atoms with Crippen LogP contribution in [0.25, 0.3) is 0 Å². The molecule has 156 valence electrons. The first-order valence-corrected chi connectivity index (χ1v) is 11.7. The monoisotopic (exact) mass is 392 g/mol. The second kappa shape index (κ2) is 9.80. The Labute approximate surface area is 176 Å². The van der Waals surface area contributed by atoms with Crippen LogP contribution in [0.4, 0.5) is 0 Å². The third-order valence-electron chi connectivity index (χ3n) is 7.18. The van der Waals surface area contributed by atoms with Crippen LogP contribution in [0.1, 0.15) is 88.5 Å². The lowest BCUT2D eigenvalue weighted by Crippen LogP contribution is -2.33. The number of fused-ring (bicyclic) bond motifs is 1. The first-order valence-electron chi connectivity index (χ1n) is 11.7. The minimum absolute atomic E-state index is 0.305. The quantitative estimate of drug-likeness (QED) is 0.450. The van der Waals surface area contributed by atoms with Crippen LogP contribution < -0.4 is 4.74 Å². The topological polar surface area (TPSA) is 18.5 Å². The molecule has 2 heteroatoms. The molecule has 2 aliphatic carbocycles. The number of benzene rings is 2. The Bertz CT molecular complexity index is 739. The van der Waals surface area contributed by atoms with Crippen molar-refractivity contribution < 1.29 is 9.47 Å². The van der Waals surface area contributed by atoms with Crippen molar-refractivity contribution in [2.45, 2.75) is 83.5 Å². The van der Waals surface area contributed by atoms with Crippen molar-refractivity contribution >= 4 is 0 Å². The van der Waals surface area contributed by atoms with E-state index in [0.717, 1.165) is 29.6 Å². The molecule has 0 spiro atoms. The average Bonchev–Trinajstić information content (AvgIpc) is 2.79. The van der Waals surface area contributed by atoms with Gasteiger partial charge in [-0.2, -0.15) is 0 Å². The van der Waals surface area contributed by atoms with Gasteiger partial charge in [0.25, 0.3) is 0 Å². The molecule has 5 atom stereocenters. The molecule has 5 unspecified atom stereocenters. The van der Waals surface area contributed by atoms with Gasteiger partial charge in [-0.3, -0.25) is 0 Å². The number of hydrogen-bond acceptors (Lipinski definition) is 2. The standard InChI is InChI=1S/C27H36O2/c1-3-20(2)21-13-16-25(17-14-21)28-27(23-10-5-4-6-11-23)29-26-18-15-22-9-7-8-12-24(22)19-26/h4-6,10-11,13-14,16-17,20,22,24,26-27H,3,7-9,12,15,18-19H2,1-2H3. The molecule has 2 aromatic rings. The summed E-state index contributed by atoms with van der Waals surface area (Å²) in [5.41, 5.74) is 2.47. The van der Waals surface area contributed by atoms with E-state index in [-0.39, 0.29) is 6.29 Å². The Hall–Kier alpha value is -1.80. The molecule has 2 saturated carbocycles. The van der Waals surface area contributed by atoms with Crippen molar-refractivity contribution in [3.63, 3.8) is 0 Å². The second-order valence-corrected chi connectivity index (χ2v) is 9.11. The number of hydrogen-bond donors (Lipinski definition) is 0. The highest BCUT2D eigenvalue weighted by Crippen LogP contribution is 2.42. The lowest BCUT2D eigenvalue weighted by atomic mass is 9.70. The Morgan fingerprint density at radius 1 is 0.828 bits per heavy atom. The molecule has 0 aromatic heterocycles. The van der Waals surface area contributed by atoms with E-state index in [0.29, 0.717) is 12.0 Å². The second-order valence-electron chi connectivity index (χ2n) is 9.11. The molecule has 0 saturated heterocycles. The maximum Gasteiger partial charge on any atom is 0.226 e. The van der Waals surface area contributed by atoms with E-state index in [9.17, 15) is 0 Å². The third-order valence-corrected chi connectivity index (χ3v) is 7.18.